The maximum atomic E-state index is 5.73. The summed E-state index contributed by atoms with van der Waals surface area (Å²) in [5.74, 6) is 6.40. The van der Waals surface area contributed by atoms with Crippen molar-refractivity contribution in [3.8, 4) is 0 Å². The summed E-state index contributed by atoms with van der Waals surface area (Å²) in [7, 11) is 1.78. The molecule has 1 heterocycles. The van der Waals surface area contributed by atoms with E-state index < -0.39 is 0 Å². The van der Waals surface area contributed by atoms with Crippen molar-refractivity contribution in [2.24, 2.45) is 11.8 Å². The number of rotatable bonds is 8. The second kappa shape index (κ2) is 6.50. The lowest BCUT2D eigenvalue weighted by Crippen LogP contribution is -2.47. The van der Waals surface area contributed by atoms with Gasteiger partial charge >= 0.3 is 0 Å². The second-order valence-electron chi connectivity index (χ2n) is 5.31. The van der Waals surface area contributed by atoms with E-state index in [2.05, 4.69) is 35.1 Å². The molecule has 2 atom stereocenters. The standard InChI is InChI=1S/C14H26N4O/c1-4-11-8-12(18(5-2)17-11)9-13(16-15)14(19-3)10-6-7-10/h8,10,13-14,16H,4-7,9,15H2,1-3H3. The third-order valence-electron chi connectivity index (χ3n) is 3.97. The largest absolute Gasteiger partial charge is 0.379 e. The van der Waals surface area contributed by atoms with Gasteiger partial charge in [0.25, 0.3) is 0 Å². The molecule has 3 N–H and O–H groups in total. The monoisotopic (exact) mass is 266 g/mol. The molecule has 1 fully saturated rings. The van der Waals surface area contributed by atoms with E-state index in [9.17, 15) is 0 Å². The van der Waals surface area contributed by atoms with Crippen LogP contribution in [0.15, 0.2) is 6.07 Å². The molecule has 0 bridgehead atoms. The highest BCUT2D eigenvalue weighted by atomic mass is 16.5. The number of methoxy groups -OCH3 is 1. The predicted octanol–water partition coefficient (Wildman–Crippen LogP) is 1.26. The van der Waals surface area contributed by atoms with Gasteiger partial charge in [0, 0.05) is 25.8 Å². The van der Waals surface area contributed by atoms with Crippen LogP contribution in [-0.2, 0) is 24.1 Å². The van der Waals surface area contributed by atoms with E-state index in [1.807, 2.05) is 0 Å². The number of aryl methyl sites for hydroxylation is 2. The zero-order chi connectivity index (χ0) is 13.8. The van der Waals surface area contributed by atoms with E-state index in [1.54, 1.807) is 7.11 Å². The van der Waals surface area contributed by atoms with Crippen LogP contribution in [0.2, 0.25) is 0 Å². The molecule has 1 aromatic rings. The summed E-state index contributed by atoms with van der Waals surface area (Å²) < 4.78 is 7.71. The molecule has 1 aliphatic carbocycles. The first-order valence-electron chi connectivity index (χ1n) is 7.27. The van der Waals surface area contributed by atoms with Crippen LogP contribution in [0.5, 0.6) is 0 Å². The fourth-order valence-corrected chi connectivity index (χ4v) is 2.73. The summed E-state index contributed by atoms with van der Waals surface area (Å²) >= 11 is 0. The molecule has 19 heavy (non-hydrogen) atoms. The molecule has 1 aromatic heterocycles. The molecule has 0 amide bonds. The smallest absolute Gasteiger partial charge is 0.0769 e. The summed E-state index contributed by atoms with van der Waals surface area (Å²) in [5.41, 5.74) is 5.32. The van der Waals surface area contributed by atoms with Crippen LogP contribution in [0, 0.1) is 5.92 Å². The first-order chi connectivity index (χ1) is 9.23. The van der Waals surface area contributed by atoms with Gasteiger partial charge in [-0.15, -0.1) is 0 Å². The highest BCUT2D eigenvalue weighted by molar-refractivity contribution is 5.13. The number of hydrogen-bond donors (Lipinski definition) is 2. The lowest BCUT2D eigenvalue weighted by Gasteiger charge is -2.25. The number of hydrogen-bond acceptors (Lipinski definition) is 4. The Bertz CT molecular complexity index is 400. The number of nitrogens with zero attached hydrogens (tertiary/aromatic N) is 2. The average Bonchev–Trinajstić information content (AvgIpc) is 3.18. The normalized spacial score (nSPS) is 18.5. The molecule has 1 aliphatic rings. The van der Waals surface area contributed by atoms with Crippen LogP contribution in [0.25, 0.3) is 0 Å². The van der Waals surface area contributed by atoms with Crippen LogP contribution in [0.1, 0.15) is 38.1 Å². The van der Waals surface area contributed by atoms with Crippen LogP contribution >= 0.6 is 0 Å². The topological polar surface area (TPSA) is 65.1 Å². The highest BCUT2D eigenvalue weighted by Gasteiger charge is 2.36. The minimum atomic E-state index is 0.157. The first kappa shape index (κ1) is 14.5. The van der Waals surface area contributed by atoms with E-state index in [-0.39, 0.29) is 12.1 Å². The number of hydrazine groups is 1. The maximum absolute atomic E-state index is 5.73. The van der Waals surface area contributed by atoms with Gasteiger partial charge in [-0.1, -0.05) is 6.92 Å². The molecule has 0 saturated heterocycles. The molecule has 0 spiro atoms. The Morgan fingerprint density at radius 3 is 2.74 bits per heavy atom. The molecule has 0 radical (unpaired) electrons. The highest BCUT2D eigenvalue weighted by Crippen LogP contribution is 2.36. The summed E-state index contributed by atoms with van der Waals surface area (Å²) in [6, 6.07) is 2.34. The van der Waals surface area contributed by atoms with Crippen molar-refractivity contribution in [3.63, 3.8) is 0 Å². The molecule has 5 heteroatoms. The van der Waals surface area contributed by atoms with Crippen LogP contribution in [0.3, 0.4) is 0 Å². The van der Waals surface area contributed by atoms with Crippen molar-refractivity contribution in [1.82, 2.24) is 15.2 Å². The van der Waals surface area contributed by atoms with Gasteiger partial charge < -0.3 is 4.74 Å². The molecule has 5 nitrogen and oxygen atoms in total. The van der Waals surface area contributed by atoms with Gasteiger partial charge in [-0.25, -0.2) is 0 Å². The molecule has 108 valence electrons. The van der Waals surface area contributed by atoms with Gasteiger partial charge in [-0.2, -0.15) is 5.10 Å². The summed E-state index contributed by atoms with van der Waals surface area (Å²) in [6.07, 6.45) is 4.55. The Balaban J connectivity index is 2.10. The van der Waals surface area contributed by atoms with Crippen molar-refractivity contribution >= 4 is 0 Å². The zero-order valence-corrected chi connectivity index (χ0v) is 12.2. The number of nitrogens with two attached hydrogens (primary N) is 1. The van der Waals surface area contributed by atoms with Gasteiger partial charge in [0.1, 0.15) is 0 Å². The third-order valence-corrected chi connectivity index (χ3v) is 3.97. The van der Waals surface area contributed by atoms with E-state index in [0.29, 0.717) is 5.92 Å². The van der Waals surface area contributed by atoms with Crippen molar-refractivity contribution in [2.45, 2.75) is 58.2 Å². The SMILES string of the molecule is CCc1cc(CC(NN)C(OC)C2CC2)n(CC)n1. The maximum Gasteiger partial charge on any atom is 0.0769 e. The fraction of sp³-hybridized carbons (Fsp3) is 0.786. The summed E-state index contributed by atoms with van der Waals surface area (Å²) in [4.78, 5) is 0. The Hall–Kier alpha value is -0.910. The van der Waals surface area contributed by atoms with Gasteiger partial charge in [-0.3, -0.25) is 16.0 Å². The zero-order valence-electron chi connectivity index (χ0n) is 12.2. The molecule has 0 aromatic carbocycles. The van der Waals surface area contributed by atoms with E-state index in [4.69, 9.17) is 10.6 Å². The Labute approximate surface area is 115 Å². The first-order valence-corrected chi connectivity index (χ1v) is 7.27. The molecule has 2 unspecified atom stereocenters. The molecular weight excluding hydrogens is 240 g/mol. The Morgan fingerprint density at radius 1 is 1.53 bits per heavy atom. The Morgan fingerprint density at radius 2 is 2.26 bits per heavy atom. The summed E-state index contributed by atoms with van der Waals surface area (Å²) in [5, 5.41) is 4.59. The summed E-state index contributed by atoms with van der Waals surface area (Å²) in [6.45, 7) is 5.15. The quantitative estimate of drug-likeness (QED) is 0.549. The van der Waals surface area contributed by atoms with E-state index >= 15 is 0 Å². The average molecular weight is 266 g/mol. The van der Waals surface area contributed by atoms with Crippen LogP contribution in [-0.4, -0.2) is 29.0 Å². The third kappa shape index (κ3) is 3.35. The molecule has 1 saturated carbocycles. The van der Waals surface area contributed by atoms with Crippen molar-refractivity contribution in [1.29, 1.82) is 0 Å². The van der Waals surface area contributed by atoms with Gasteiger partial charge in [0.15, 0.2) is 0 Å². The minimum Gasteiger partial charge on any atom is -0.379 e. The second-order valence-corrected chi connectivity index (χ2v) is 5.31. The number of ether oxygens (including phenoxy) is 1. The Kier molecular flexibility index (Phi) is 4.96. The minimum absolute atomic E-state index is 0.157. The molecule has 0 aliphatic heterocycles. The van der Waals surface area contributed by atoms with Gasteiger partial charge in [0.2, 0.25) is 0 Å². The van der Waals surface area contributed by atoms with Crippen molar-refractivity contribution in [2.75, 3.05) is 7.11 Å². The van der Waals surface area contributed by atoms with E-state index in [1.165, 1.54) is 18.5 Å². The fourth-order valence-electron chi connectivity index (χ4n) is 2.73. The number of nitrogens with one attached hydrogen (secondary N) is 1. The molecular formula is C14H26N4O. The van der Waals surface area contributed by atoms with Crippen LogP contribution < -0.4 is 11.3 Å². The van der Waals surface area contributed by atoms with E-state index in [0.717, 1.165) is 25.1 Å². The van der Waals surface area contributed by atoms with Gasteiger partial charge in [0.05, 0.1) is 17.8 Å². The lowest BCUT2D eigenvalue weighted by atomic mass is 10.0. The van der Waals surface area contributed by atoms with Gasteiger partial charge in [-0.05, 0) is 38.2 Å². The van der Waals surface area contributed by atoms with Crippen molar-refractivity contribution in [3.05, 3.63) is 17.5 Å². The van der Waals surface area contributed by atoms with Crippen LogP contribution in [0.4, 0.5) is 0 Å². The predicted molar refractivity (Wildman–Crippen MR) is 75.6 cm³/mol. The lowest BCUT2D eigenvalue weighted by molar-refractivity contribution is 0.0505. The molecule has 2 rings (SSSR count). The number of aromatic nitrogens is 2. The van der Waals surface area contributed by atoms with Crippen molar-refractivity contribution < 1.29 is 4.74 Å².